The molecule has 0 heterocycles. The summed E-state index contributed by atoms with van der Waals surface area (Å²) in [6.07, 6.45) is 6.14. The monoisotopic (exact) mass is 462 g/mol. The van der Waals surface area contributed by atoms with E-state index in [1.807, 2.05) is 55.5 Å². The molecule has 34 heavy (non-hydrogen) atoms. The summed E-state index contributed by atoms with van der Waals surface area (Å²) in [6.45, 7) is 4.34. The van der Waals surface area contributed by atoms with Crippen molar-refractivity contribution in [1.29, 1.82) is 0 Å². The van der Waals surface area contributed by atoms with Gasteiger partial charge in [0.25, 0.3) is 0 Å². The Morgan fingerprint density at radius 2 is 1.88 bits per heavy atom. The Hall–Kier alpha value is -3.60. The van der Waals surface area contributed by atoms with Gasteiger partial charge in [-0.2, -0.15) is 0 Å². The van der Waals surface area contributed by atoms with Crippen LogP contribution in [0.5, 0.6) is 11.5 Å². The number of aliphatic carboxylic acids is 1. The SMILES string of the molecule is CCC/C=C/c1cc(COc2cccc([C@@H](C)CC(=O)O)c2)ccc1-c1cc(OC)ccc1F. The number of benzene rings is 3. The number of ether oxygens (including phenoxy) is 2. The average Bonchev–Trinajstić information content (AvgIpc) is 2.83. The average molecular weight is 463 g/mol. The maximum atomic E-state index is 14.7. The Kier molecular flexibility index (Phi) is 8.86. The minimum atomic E-state index is -0.824. The molecule has 0 aliphatic heterocycles. The Morgan fingerprint density at radius 3 is 2.62 bits per heavy atom. The number of unbranched alkanes of at least 4 members (excludes halogenated alkanes) is 1. The molecule has 4 nitrogen and oxygen atoms in total. The van der Waals surface area contributed by atoms with E-state index in [0.29, 0.717) is 23.7 Å². The van der Waals surface area contributed by atoms with Crippen molar-refractivity contribution in [2.24, 2.45) is 0 Å². The van der Waals surface area contributed by atoms with Crippen LogP contribution in [0.15, 0.2) is 66.7 Å². The van der Waals surface area contributed by atoms with Gasteiger partial charge in [-0.1, -0.05) is 56.7 Å². The molecule has 0 saturated carbocycles. The van der Waals surface area contributed by atoms with Crippen molar-refractivity contribution in [3.05, 3.63) is 89.2 Å². The summed E-state index contributed by atoms with van der Waals surface area (Å²) in [5.74, 6) is 0.0516. The lowest BCUT2D eigenvalue weighted by atomic mass is 9.96. The number of hydrogen-bond donors (Lipinski definition) is 1. The van der Waals surface area contributed by atoms with E-state index in [9.17, 15) is 9.18 Å². The van der Waals surface area contributed by atoms with Crippen LogP contribution in [0.25, 0.3) is 17.2 Å². The summed E-state index contributed by atoms with van der Waals surface area (Å²) in [5.41, 5.74) is 4.06. The van der Waals surface area contributed by atoms with Crippen LogP contribution >= 0.6 is 0 Å². The molecular formula is C29H31FO4. The van der Waals surface area contributed by atoms with Crippen LogP contribution in [0.3, 0.4) is 0 Å². The summed E-state index contributed by atoms with van der Waals surface area (Å²) in [7, 11) is 1.57. The highest BCUT2D eigenvalue weighted by Crippen LogP contribution is 2.32. The molecule has 0 aromatic heterocycles. The number of carboxylic acid groups (broad SMARTS) is 1. The second kappa shape index (κ2) is 12.0. The molecule has 1 atom stereocenters. The molecule has 178 valence electrons. The maximum absolute atomic E-state index is 14.7. The van der Waals surface area contributed by atoms with Gasteiger partial charge < -0.3 is 14.6 Å². The third-order valence-corrected chi connectivity index (χ3v) is 5.65. The van der Waals surface area contributed by atoms with Crippen LogP contribution in [0.2, 0.25) is 0 Å². The quantitative estimate of drug-likeness (QED) is 0.321. The first-order valence-corrected chi connectivity index (χ1v) is 11.5. The van der Waals surface area contributed by atoms with E-state index >= 15 is 0 Å². The van der Waals surface area contributed by atoms with Gasteiger partial charge in [-0.05, 0) is 71.0 Å². The molecule has 0 unspecified atom stereocenters. The zero-order valence-corrected chi connectivity index (χ0v) is 19.9. The molecule has 0 bridgehead atoms. The first-order valence-electron chi connectivity index (χ1n) is 11.5. The number of rotatable bonds is 11. The van der Waals surface area contributed by atoms with E-state index < -0.39 is 5.97 Å². The van der Waals surface area contributed by atoms with Crippen molar-refractivity contribution in [2.75, 3.05) is 7.11 Å². The summed E-state index contributed by atoms with van der Waals surface area (Å²) in [6, 6.07) is 18.1. The molecule has 0 saturated heterocycles. The molecule has 0 aliphatic rings. The van der Waals surface area contributed by atoms with E-state index in [2.05, 4.69) is 13.0 Å². The highest BCUT2D eigenvalue weighted by molar-refractivity contribution is 5.77. The third kappa shape index (κ3) is 6.70. The number of methoxy groups -OCH3 is 1. The molecule has 5 heteroatoms. The number of carboxylic acids is 1. The van der Waals surface area contributed by atoms with E-state index in [0.717, 1.165) is 35.1 Å². The van der Waals surface area contributed by atoms with Crippen molar-refractivity contribution in [3.63, 3.8) is 0 Å². The molecule has 0 aliphatic carbocycles. The summed E-state index contributed by atoms with van der Waals surface area (Å²) in [5, 5.41) is 9.05. The highest BCUT2D eigenvalue weighted by atomic mass is 19.1. The lowest BCUT2D eigenvalue weighted by Gasteiger charge is -2.14. The lowest BCUT2D eigenvalue weighted by Crippen LogP contribution is -2.03. The number of allylic oxidation sites excluding steroid dienone is 1. The van der Waals surface area contributed by atoms with Crippen molar-refractivity contribution < 1.29 is 23.8 Å². The number of halogens is 1. The van der Waals surface area contributed by atoms with Gasteiger partial charge in [0, 0.05) is 5.56 Å². The zero-order valence-electron chi connectivity index (χ0n) is 19.9. The Bertz CT molecular complexity index is 1150. The van der Waals surface area contributed by atoms with Gasteiger partial charge in [0.15, 0.2) is 0 Å². The van der Waals surface area contributed by atoms with Crippen molar-refractivity contribution in [2.45, 2.75) is 45.6 Å². The minimum Gasteiger partial charge on any atom is -0.497 e. The smallest absolute Gasteiger partial charge is 0.303 e. The largest absolute Gasteiger partial charge is 0.497 e. The van der Waals surface area contributed by atoms with Crippen molar-refractivity contribution in [1.82, 2.24) is 0 Å². The molecule has 1 N–H and O–H groups in total. The van der Waals surface area contributed by atoms with Gasteiger partial charge in [0.05, 0.1) is 13.5 Å². The van der Waals surface area contributed by atoms with Gasteiger partial charge in [0.1, 0.15) is 23.9 Å². The van der Waals surface area contributed by atoms with Crippen molar-refractivity contribution >= 4 is 12.0 Å². The van der Waals surface area contributed by atoms with Crippen LogP contribution in [-0.2, 0) is 11.4 Å². The zero-order chi connectivity index (χ0) is 24.5. The van der Waals surface area contributed by atoms with Crippen LogP contribution in [0, 0.1) is 5.82 Å². The molecule has 0 spiro atoms. The molecule has 0 amide bonds. The van der Waals surface area contributed by atoms with Crippen LogP contribution < -0.4 is 9.47 Å². The molecule has 0 radical (unpaired) electrons. The molecular weight excluding hydrogens is 431 g/mol. The summed E-state index contributed by atoms with van der Waals surface area (Å²) >= 11 is 0. The molecule has 3 aromatic carbocycles. The Balaban J connectivity index is 1.85. The first-order chi connectivity index (χ1) is 16.4. The van der Waals surface area contributed by atoms with Crippen LogP contribution in [0.1, 0.15) is 55.7 Å². The van der Waals surface area contributed by atoms with Gasteiger partial charge in [-0.25, -0.2) is 4.39 Å². The van der Waals surface area contributed by atoms with Gasteiger partial charge >= 0.3 is 5.97 Å². The normalized spacial score (nSPS) is 12.0. The van der Waals surface area contributed by atoms with E-state index in [1.54, 1.807) is 19.2 Å². The summed E-state index contributed by atoms with van der Waals surface area (Å²) < 4.78 is 26.0. The second-order valence-electron chi connectivity index (χ2n) is 8.32. The molecule has 3 rings (SSSR count). The summed E-state index contributed by atoms with van der Waals surface area (Å²) in [4.78, 5) is 11.0. The molecule has 3 aromatic rings. The maximum Gasteiger partial charge on any atom is 0.303 e. The predicted molar refractivity (Wildman–Crippen MR) is 134 cm³/mol. The van der Waals surface area contributed by atoms with Crippen LogP contribution in [0.4, 0.5) is 4.39 Å². The van der Waals surface area contributed by atoms with E-state index in [1.165, 1.54) is 6.07 Å². The predicted octanol–water partition coefficient (Wildman–Crippen LogP) is 7.47. The minimum absolute atomic E-state index is 0.0687. The molecule has 0 fully saturated rings. The number of carbonyl (C=O) groups is 1. The topological polar surface area (TPSA) is 55.8 Å². The van der Waals surface area contributed by atoms with Crippen molar-refractivity contribution in [3.8, 4) is 22.6 Å². The lowest BCUT2D eigenvalue weighted by molar-refractivity contribution is -0.137. The van der Waals surface area contributed by atoms with Gasteiger partial charge in [-0.15, -0.1) is 0 Å². The standard InChI is InChI=1S/C29H31FO4/c1-4-5-6-8-23-16-21(11-13-26(23)27-18-24(33-3)12-14-28(27)30)19-34-25-10-7-9-22(17-25)20(2)15-29(31)32/h6-14,16-18,20H,4-5,15,19H2,1-3H3,(H,31,32)/b8-6+/t20-/m0/s1. The second-order valence-corrected chi connectivity index (χ2v) is 8.32. The van der Waals surface area contributed by atoms with Gasteiger partial charge in [-0.3, -0.25) is 4.79 Å². The third-order valence-electron chi connectivity index (χ3n) is 5.65. The Morgan fingerprint density at radius 1 is 1.06 bits per heavy atom. The number of hydrogen-bond acceptors (Lipinski definition) is 3. The van der Waals surface area contributed by atoms with E-state index in [-0.39, 0.29) is 18.2 Å². The fourth-order valence-electron chi connectivity index (χ4n) is 3.76. The van der Waals surface area contributed by atoms with Crippen LogP contribution in [-0.4, -0.2) is 18.2 Å². The van der Waals surface area contributed by atoms with E-state index in [4.69, 9.17) is 14.6 Å². The highest BCUT2D eigenvalue weighted by Gasteiger charge is 2.13. The first kappa shape index (κ1) is 25.0. The Labute approximate surface area is 200 Å². The fraction of sp³-hybridized carbons (Fsp3) is 0.276. The van der Waals surface area contributed by atoms with Gasteiger partial charge in [0.2, 0.25) is 0 Å². The fourth-order valence-corrected chi connectivity index (χ4v) is 3.76.